The summed E-state index contributed by atoms with van der Waals surface area (Å²) in [5.41, 5.74) is 4.36. The number of aromatic nitrogens is 1. The summed E-state index contributed by atoms with van der Waals surface area (Å²) >= 11 is 1.29. The van der Waals surface area contributed by atoms with Gasteiger partial charge in [-0.05, 0) is 72.4 Å². The number of nitrogens with zero attached hydrogens (tertiary/aromatic N) is 2. The molecule has 0 bridgehead atoms. The van der Waals surface area contributed by atoms with E-state index in [9.17, 15) is 14.0 Å². The predicted octanol–water partition coefficient (Wildman–Crippen LogP) is 5.64. The summed E-state index contributed by atoms with van der Waals surface area (Å²) in [4.78, 5) is 32.1. The van der Waals surface area contributed by atoms with E-state index in [4.69, 9.17) is 9.47 Å². The van der Waals surface area contributed by atoms with E-state index in [1.807, 2.05) is 54.6 Å². The van der Waals surface area contributed by atoms with Gasteiger partial charge in [-0.2, -0.15) is 0 Å². The zero-order valence-electron chi connectivity index (χ0n) is 23.4. The van der Waals surface area contributed by atoms with Crippen molar-refractivity contribution in [1.82, 2.24) is 4.57 Å². The summed E-state index contributed by atoms with van der Waals surface area (Å²) in [5, 5.41) is 0. The Labute approximate surface area is 241 Å². The van der Waals surface area contributed by atoms with E-state index >= 15 is 0 Å². The van der Waals surface area contributed by atoms with Gasteiger partial charge in [0.05, 0.1) is 28.5 Å². The van der Waals surface area contributed by atoms with Crippen molar-refractivity contribution in [3.05, 3.63) is 132 Å². The lowest BCUT2D eigenvalue weighted by Gasteiger charge is -2.25. The van der Waals surface area contributed by atoms with Gasteiger partial charge in [-0.25, -0.2) is 14.2 Å². The number of allylic oxidation sites excluding steroid dienone is 1. The number of carbonyl (C=O) groups is 1. The van der Waals surface area contributed by atoms with Crippen LogP contribution in [0, 0.1) is 5.82 Å². The molecular weight excluding hydrogens is 539 g/mol. The molecule has 210 valence electrons. The second kappa shape index (κ2) is 12.1. The van der Waals surface area contributed by atoms with Crippen LogP contribution in [0.2, 0.25) is 0 Å². The molecule has 0 N–H and O–H groups in total. The van der Waals surface area contributed by atoms with Gasteiger partial charge in [0.25, 0.3) is 5.56 Å². The highest BCUT2D eigenvalue weighted by Crippen LogP contribution is 2.31. The van der Waals surface area contributed by atoms with Crippen LogP contribution in [0.3, 0.4) is 0 Å². The molecule has 0 saturated heterocycles. The summed E-state index contributed by atoms with van der Waals surface area (Å²) in [6.45, 7) is 8.33. The van der Waals surface area contributed by atoms with Gasteiger partial charge in [0, 0.05) is 0 Å². The van der Waals surface area contributed by atoms with Gasteiger partial charge >= 0.3 is 5.97 Å². The molecule has 0 amide bonds. The van der Waals surface area contributed by atoms with Gasteiger partial charge < -0.3 is 9.47 Å². The highest BCUT2D eigenvalue weighted by Gasteiger charge is 2.33. The highest BCUT2D eigenvalue weighted by molar-refractivity contribution is 7.07. The third-order valence-corrected chi connectivity index (χ3v) is 7.92. The Morgan fingerprint density at radius 3 is 2.37 bits per heavy atom. The van der Waals surface area contributed by atoms with Crippen molar-refractivity contribution in [2.24, 2.45) is 4.99 Å². The fraction of sp³-hybridized carbons (Fsp3) is 0.242. The minimum atomic E-state index is -0.643. The van der Waals surface area contributed by atoms with Crippen LogP contribution in [0.25, 0.3) is 6.08 Å². The molecule has 1 unspecified atom stereocenters. The van der Waals surface area contributed by atoms with E-state index in [0.29, 0.717) is 38.9 Å². The monoisotopic (exact) mass is 570 g/mol. The molecule has 8 heteroatoms. The van der Waals surface area contributed by atoms with Crippen molar-refractivity contribution in [3.8, 4) is 5.75 Å². The lowest BCUT2D eigenvalue weighted by Crippen LogP contribution is -2.39. The molecule has 41 heavy (non-hydrogen) atoms. The normalized spacial score (nSPS) is 15.1. The van der Waals surface area contributed by atoms with Gasteiger partial charge in [-0.15, -0.1) is 0 Å². The minimum absolute atomic E-state index is 0.224. The van der Waals surface area contributed by atoms with Crippen molar-refractivity contribution in [1.29, 1.82) is 0 Å². The fourth-order valence-corrected chi connectivity index (χ4v) is 5.78. The van der Waals surface area contributed by atoms with Crippen LogP contribution in [0.5, 0.6) is 5.75 Å². The van der Waals surface area contributed by atoms with E-state index in [1.165, 1.54) is 29.0 Å². The predicted molar refractivity (Wildman–Crippen MR) is 158 cm³/mol. The summed E-state index contributed by atoms with van der Waals surface area (Å²) in [6, 6.07) is 20.9. The number of ether oxygens (including phenoxy) is 2. The third kappa shape index (κ3) is 6.07. The molecule has 0 radical (unpaired) electrons. The first-order chi connectivity index (χ1) is 19.7. The van der Waals surface area contributed by atoms with Crippen molar-refractivity contribution >= 4 is 23.4 Å². The van der Waals surface area contributed by atoms with Crippen molar-refractivity contribution < 1.29 is 18.7 Å². The zero-order chi connectivity index (χ0) is 29.1. The number of halogens is 1. The number of carbonyl (C=O) groups excluding carboxylic acids is 1. The number of thiazole rings is 1. The molecule has 4 aromatic rings. The summed E-state index contributed by atoms with van der Waals surface area (Å²) in [6.07, 6.45) is 1.82. The Kier molecular flexibility index (Phi) is 8.31. The molecule has 2 heterocycles. The van der Waals surface area contributed by atoms with Crippen molar-refractivity contribution in [2.75, 3.05) is 6.61 Å². The number of fused-ring (bicyclic) bond motifs is 1. The van der Waals surface area contributed by atoms with Crippen molar-refractivity contribution in [3.63, 3.8) is 0 Å². The van der Waals surface area contributed by atoms with Crippen LogP contribution >= 0.6 is 11.3 Å². The molecular formula is C33H31FN2O4S. The van der Waals surface area contributed by atoms with Crippen LogP contribution in [0.4, 0.5) is 4.39 Å². The second-order valence-corrected chi connectivity index (χ2v) is 11.1. The molecule has 0 fully saturated rings. The maximum absolute atomic E-state index is 13.8. The maximum Gasteiger partial charge on any atom is 0.338 e. The molecule has 1 aliphatic rings. The largest absolute Gasteiger partial charge is 0.489 e. The van der Waals surface area contributed by atoms with Crippen LogP contribution in [0.1, 0.15) is 61.9 Å². The summed E-state index contributed by atoms with van der Waals surface area (Å²) in [7, 11) is 0. The van der Waals surface area contributed by atoms with Gasteiger partial charge in [-0.1, -0.05) is 73.7 Å². The maximum atomic E-state index is 13.8. The van der Waals surface area contributed by atoms with Gasteiger partial charge in [0.1, 0.15) is 18.2 Å². The van der Waals surface area contributed by atoms with E-state index in [0.717, 1.165) is 16.7 Å². The van der Waals surface area contributed by atoms with Gasteiger partial charge in [0.15, 0.2) is 4.80 Å². The van der Waals surface area contributed by atoms with Crippen molar-refractivity contribution in [2.45, 2.75) is 46.3 Å². The number of hydrogen-bond acceptors (Lipinski definition) is 6. The Bertz CT molecular complexity index is 1770. The smallest absolute Gasteiger partial charge is 0.338 e. The molecule has 0 aliphatic carbocycles. The molecule has 1 aliphatic heterocycles. The molecule has 1 aromatic heterocycles. The molecule has 0 spiro atoms. The summed E-state index contributed by atoms with van der Waals surface area (Å²) < 4.78 is 26.4. The van der Waals surface area contributed by atoms with E-state index in [1.54, 1.807) is 30.5 Å². The molecule has 5 rings (SSSR count). The Balaban J connectivity index is 1.49. The van der Waals surface area contributed by atoms with E-state index in [2.05, 4.69) is 18.8 Å². The summed E-state index contributed by atoms with van der Waals surface area (Å²) in [5.74, 6) is 0.253. The Morgan fingerprint density at radius 2 is 1.73 bits per heavy atom. The quantitative estimate of drug-likeness (QED) is 0.257. The topological polar surface area (TPSA) is 69.9 Å². The van der Waals surface area contributed by atoms with Crippen LogP contribution in [-0.4, -0.2) is 17.1 Å². The number of hydrogen-bond donors (Lipinski definition) is 0. The zero-order valence-corrected chi connectivity index (χ0v) is 24.2. The average molecular weight is 571 g/mol. The first-order valence-corrected chi connectivity index (χ1v) is 14.3. The SMILES string of the molecule is CCOC(=O)C1=C(C)N=c2sc(=Cc3ccc(OCc4ccc(F)cc4)cc3)c(=O)n2C1c1ccc(C(C)C)cc1. The Hall–Kier alpha value is -4.30. The van der Waals surface area contributed by atoms with Gasteiger partial charge in [0.2, 0.25) is 0 Å². The first kappa shape index (κ1) is 28.2. The fourth-order valence-electron chi connectivity index (χ4n) is 4.73. The number of benzene rings is 3. The first-order valence-electron chi connectivity index (χ1n) is 13.5. The standard InChI is InChI=1S/C33H31FN2O4S/c1-5-39-32(38)29-21(4)35-33-36(30(29)25-12-10-24(11-13-25)20(2)3)31(37)28(41-33)18-22-8-16-27(17-9-22)40-19-23-6-14-26(34)15-7-23/h6-18,20,30H,5,19H2,1-4H3. The molecule has 6 nitrogen and oxygen atoms in total. The highest BCUT2D eigenvalue weighted by atomic mass is 32.1. The van der Waals surface area contributed by atoms with Crippen LogP contribution < -0.4 is 19.6 Å². The average Bonchev–Trinajstić information content (AvgIpc) is 3.26. The third-order valence-electron chi connectivity index (χ3n) is 6.93. The lowest BCUT2D eigenvalue weighted by atomic mass is 9.93. The van der Waals surface area contributed by atoms with Gasteiger partial charge in [-0.3, -0.25) is 9.36 Å². The van der Waals surface area contributed by atoms with Crippen LogP contribution in [0.15, 0.2) is 93.9 Å². The van der Waals surface area contributed by atoms with Crippen LogP contribution in [-0.2, 0) is 16.1 Å². The molecule has 1 atom stereocenters. The van der Waals surface area contributed by atoms with E-state index < -0.39 is 12.0 Å². The Morgan fingerprint density at radius 1 is 1.05 bits per heavy atom. The second-order valence-electron chi connectivity index (χ2n) is 10.1. The molecule has 3 aromatic carbocycles. The number of esters is 1. The lowest BCUT2D eigenvalue weighted by molar-refractivity contribution is -0.139. The molecule has 0 saturated carbocycles. The minimum Gasteiger partial charge on any atom is -0.489 e. The van der Waals surface area contributed by atoms with E-state index in [-0.39, 0.29) is 18.0 Å². The number of rotatable bonds is 8.